The van der Waals surface area contributed by atoms with Gasteiger partial charge in [0.1, 0.15) is 23.3 Å². The van der Waals surface area contributed by atoms with E-state index in [4.69, 9.17) is 29.0 Å². The normalized spacial score (nSPS) is 14.3. The molecule has 0 saturated heterocycles. The highest BCUT2D eigenvalue weighted by molar-refractivity contribution is 7.98. The van der Waals surface area contributed by atoms with Crippen molar-refractivity contribution >= 4 is 39.3 Å². The van der Waals surface area contributed by atoms with Gasteiger partial charge >= 0.3 is 0 Å². The number of ether oxygens (including phenoxy) is 2. The molecule has 0 amide bonds. The Morgan fingerprint density at radius 2 is 1.77 bits per heavy atom. The molecule has 1 aliphatic rings. The van der Waals surface area contributed by atoms with E-state index in [1.165, 1.54) is 11.8 Å². The summed E-state index contributed by atoms with van der Waals surface area (Å²) in [5, 5.41) is 7.47. The smallest absolute Gasteiger partial charge is 0.257 e. The minimum atomic E-state index is -0.160. The van der Waals surface area contributed by atoms with Gasteiger partial charge < -0.3 is 13.9 Å². The molecule has 7 aromatic rings. The van der Waals surface area contributed by atoms with Gasteiger partial charge in [0.15, 0.2) is 17.1 Å². The number of aromatic nitrogens is 5. The van der Waals surface area contributed by atoms with E-state index >= 15 is 0 Å². The Labute approximate surface area is 232 Å². The lowest BCUT2D eigenvalue weighted by Gasteiger charge is -2.28. The number of fused-ring (bicyclic) bond motifs is 7. The maximum Gasteiger partial charge on any atom is 0.257 e. The summed E-state index contributed by atoms with van der Waals surface area (Å²) in [6.45, 7) is 0. The van der Waals surface area contributed by atoms with Crippen molar-refractivity contribution in [3.05, 3.63) is 114 Å². The maximum absolute atomic E-state index is 6.52. The first-order chi connectivity index (χ1) is 19.7. The largest absolute Gasteiger partial charge is 0.497 e. The Kier molecular flexibility index (Phi) is 5.24. The van der Waals surface area contributed by atoms with Crippen LogP contribution in [-0.4, -0.2) is 31.7 Å². The first-order valence-corrected chi connectivity index (χ1v) is 13.8. The second kappa shape index (κ2) is 9.10. The molecule has 0 radical (unpaired) electrons. The van der Waals surface area contributed by atoms with Crippen LogP contribution in [0.25, 0.3) is 27.5 Å². The lowest BCUT2D eigenvalue weighted by atomic mass is 9.83. The first kappa shape index (κ1) is 23.0. The number of thioether (sulfide) groups is 1. The third-order valence-electron chi connectivity index (χ3n) is 7.19. The molecule has 0 N–H and O–H groups in total. The maximum atomic E-state index is 6.52. The van der Waals surface area contributed by atoms with E-state index in [0.29, 0.717) is 28.3 Å². The molecule has 0 saturated carbocycles. The Morgan fingerprint density at radius 3 is 2.65 bits per heavy atom. The summed E-state index contributed by atoms with van der Waals surface area (Å²) in [4.78, 5) is 14.2. The molecule has 4 heterocycles. The van der Waals surface area contributed by atoms with Crippen LogP contribution in [-0.2, 0) is 5.75 Å². The summed E-state index contributed by atoms with van der Waals surface area (Å²) in [5.74, 6) is 3.13. The van der Waals surface area contributed by atoms with Crippen molar-refractivity contribution in [1.29, 1.82) is 0 Å². The number of methoxy groups -OCH3 is 1. The van der Waals surface area contributed by atoms with Gasteiger partial charge in [0, 0.05) is 16.9 Å². The topological polar surface area (TPSA) is 87.6 Å². The summed E-state index contributed by atoms with van der Waals surface area (Å²) in [6, 6.07) is 28.4. The average molecular weight is 544 g/mol. The van der Waals surface area contributed by atoms with Gasteiger partial charge in [0.2, 0.25) is 5.88 Å². The van der Waals surface area contributed by atoms with Crippen LogP contribution in [0.1, 0.15) is 28.4 Å². The van der Waals surface area contributed by atoms with Crippen LogP contribution < -0.4 is 9.47 Å². The second-order valence-electron chi connectivity index (χ2n) is 9.51. The number of oxazole rings is 1. The number of rotatable bonds is 5. The van der Waals surface area contributed by atoms with Gasteiger partial charge in [-0.05, 0) is 35.2 Å². The Balaban J connectivity index is 1.24. The van der Waals surface area contributed by atoms with Crippen LogP contribution in [0.4, 0.5) is 0 Å². The molecule has 4 aromatic carbocycles. The summed E-state index contributed by atoms with van der Waals surface area (Å²) >= 11 is 1.46. The quantitative estimate of drug-likeness (QED) is 0.214. The predicted molar refractivity (Wildman–Crippen MR) is 152 cm³/mol. The molecule has 3 aromatic heterocycles. The summed E-state index contributed by atoms with van der Waals surface area (Å²) in [5.41, 5.74) is 5.31. The van der Waals surface area contributed by atoms with Crippen molar-refractivity contribution < 1.29 is 13.9 Å². The lowest BCUT2D eigenvalue weighted by Crippen LogP contribution is -2.15. The molecule has 9 heteroatoms. The predicted octanol–water partition coefficient (Wildman–Crippen LogP) is 7.01. The van der Waals surface area contributed by atoms with Gasteiger partial charge in [-0.1, -0.05) is 72.4 Å². The van der Waals surface area contributed by atoms with Gasteiger partial charge in [0.05, 0.1) is 18.4 Å². The van der Waals surface area contributed by atoms with Crippen molar-refractivity contribution in [3.63, 3.8) is 0 Å². The molecule has 0 unspecified atom stereocenters. The Hall–Kier alpha value is -4.89. The van der Waals surface area contributed by atoms with Gasteiger partial charge in [-0.3, -0.25) is 0 Å². The minimum Gasteiger partial charge on any atom is -0.497 e. The highest BCUT2D eigenvalue weighted by Gasteiger charge is 2.34. The summed E-state index contributed by atoms with van der Waals surface area (Å²) < 4.78 is 19.5. The molecule has 1 aliphatic heterocycles. The van der Waals surface area contributed by atoms with Crippen molar-refractivity contribution in [2.75, 3.05) is 7.11 Å². The molecule has 1 atom stereocenters. The van der Waals surface area contributed by atoms with Crippen LogP contribution in [0, 0.1) is 0 Å². The summed E-state index contributed by atoms with van der Waals surface area (Å²) in [6.07, 6.45) is 1.66. The van der Waals surface area contributed by atoms with E-state index < -0.39 is 0 Å². The Morgan fingerprint density at radius 1 is 0.925 bits per heavy atom. The third-order valence-corrected chi connectivity index (χ3v) is 8.01. The molecule has 0 aliphatic carbocycles. The molecule has 0 spiro atoms. The molecule has 0 fully saturated rings. The second-order valence-corrected chi connectivity index (χ2v) is 10.4. The molecule has 40 heavy (non-hydrogen) atoms. The van der Waals surface area contributed by atoms with E-state index in [2.05, 4.69) is 41.4 Å². The van der Waals surface area contributed by atoms with E-state index in [1.54, 1.807) is 18.0 Å². The van der Waals surface area contributed by atoms with Gasteiger partial charge in [-0.2, -0.15) is 0 Å². The molecule has 8 rings (SSSR count). The van der Waals surface area contributed by atoms with Crippen LogP contribution >= 0.6 is 11.8 Å². The molecule has 194 valence electrons. The average Bonchev–Trinajstić information content (AvgIpc) is 3.62. The first-order valence-electron chi connectivity index (χ1n) is 12.8. The highest BCUT2D eigenvalue weighted by Crippen LogP contribution is 2.50. The van der Waals surface area contributed by atoms with Gasteiger partial charge in [-0.15, -0.1) is 5.10 Å². The van der Waals surface area contributed by atoms with Gasteiger partial charge in [-0.25, -0.2) is 19.5 Å². The van der Waals surface area contributed by atoms with E-state index in [1.807, 2.05) is 48.5 Å². The van der Waals surface area contributed by atoms with Crippen molar-refractivity contribution in [2.45, 2.75) is 16.9 Å². The van der Waals surface area contributed by atoms with E-state index in [0.717, 1.165) is 50.1 Å². The fraction of sp³-hybridized carbons (Fsp3) is 0.0968. The van der Waals surface area contributed by atoms with E-state index in [9.17, 15) is 0 Å². The fourth-order valence-corrected chi connectivity index (χ4v) is 6.02. The zero-order valence-corrected chi connectivity index (χ0v) is 22.1. The van der Waals surface area contributed by atoms with Crippen molar-refractivity contribution in [1.82, 2.24) is 24.6 Å². The molecule has 0 bridgehead atoms. The van der Waals surface area contributed by atoms with Crippen molar-refractivity contribution in [2.24, 2.45) is 0 Å². The molecular weight excluding hydrogens is 522 g/mol. The van der Waals surface area contributed by atoms with Crippen LogP contribution in [0.3, 0.4) is 0 Å². The van der Waals surface area contributed by atoms with E-state index in [-0.39, 0.29) is 5.92 Å². The lowest BCUT2D eigenvalue weighted by molar-refractivity contribution is 0.414. The number of nitrogens with zero attached hydrogens (tertiary/aromatic N) is 5. The minimum absolute atomic E-state index is 0.160. The van der Waals surface area contributed by atoms with Crippen LogP contribution in [0.15, 0.2) is 101 Å². The van der Waals surface area contributed by atoms with Crippen molar-refractivity contribution in [3.8, 4) is 17.4 Å². The molecular formula is C31H21N5O3S. The zero-order chi connectivity index (χ0) is 26.6. The number of benzene rings is 4. The summed E-state index contributed by atoms with van der Waals surface area (Å²) in [7, 11) is 1.67. The van der Waals surface area contributed by atoms with Crippen LogP contribution in [0.5, 0.6) is 17.4 Å². The fourth-order valence-electron chi connectivity index (χ4n) is 5.33. The SMILES string of the molecule is COc1ccc([C@H]2c3ccc4ccccc4c3Oc3ncn4nc(CSc5nc6ccccc6o5)nc4c32)cc1. The third kappa shape index (κ3) is 3.70. The standard InChI is InChI=1S/C31H21N5O3S/c1-37-20-13-10-19(11-14-20)26-22-15-12-18-6-2-3-7-21(18)28(22)39-30-27(26)29-34-25(35-36(29)17-32-30)16-40-31-33-23-8-4-5-9-24(23)38-31/h2-15,17,26H,16H2,1H3/t26-/m0/s1. The monoisotopic (exact) mass is 543 g/mol. The van der Waals surface area contributed by atoms with Crippen LogP contribution in [0.2, 0.25) is 0 Å². The Bertz CT molecular complexity index is 2020. The highest BCUT2D eigenvalue weighted by atomic mass is 32.2. The number of hydrogen-bond donors (Lipinski definition) is 0. The zero-order valence-electron chi connectivity index (χ0n) is 21.3. The van der Waals surface area contributed by atoms with Gasteiger partial charge in [0.25, 0.3) is 5.22 Å². The number of hydrogen-bond acceptors (Lipinski definition) is 8. The number of para-hydroxylation sites is 2. The molecule has 8 nitrogen and oxygen atoms in total.